The highest BCUT2D eigenvalue weighted by Crippen LogP contribution is 2.17. The van der Waals surface area contributed by atoms with E-state index in [0.29, 0.717) is 19.4 Å². The summed E-state index contributed by atoms with van der Waals surface area (Å²) in [7, 11) is -3.97. The van der Waals surface area contributed by atoms with Gasteiger partial charge in [-0.15, -0.1) is 0 Å². The lowest BCUT2D eigenvalue weighted by atomic mass is 9.81. The molecule has 31 heavy (non-hydrogen) atoms. The quantitative estimate of drug-likeness (QED) is 0.158. The van der Waals surface area contributed by atoms with Crippen LogP contribution >= 0.6 is 0 Å². The zero-order valence-electron chi connectivity index (χ0n) is 18.0. The maximum atomic E-state index is 12.3. The van der Waals surface area contributed by atoms with Crippen LogP contribution in [-0.4, -0.2) is 70.9 Å². The van der Waals surface area contributed by atoms with Crippen LogP contribution in [0, 0.1) is 11.8 Å². The van der Waals surface area contributed by atoms with Crippen molar-refractivity contribution in [2.24, 2.45) is 11.8 Å². The Morgan fingerprint density at radius 2 is 1.77 bits per heavy atom. The third kappa shape index (κ3) is 9.36. The van der Waals surface area contributed by atoms with Crippen molar-refractivity contribution in [3.05, 3.63) is 24.3 Å². The second-order valence-electron chi connectivity index (χ2n) is 7.03. The number of sulfonamides is 1. The van der Waals surface area contributed by atoms with Gasteiger partial charge in [-0.05, 0) is 30.4 Å². The molecule has 10 nitrogen and oxygen atoms in total. The van der Waals surface area contributed by atoms with Crippen LogP contribution in [0.15, 0.2) is 29.2 Å². The predicted octanol–water partition coefficient (Wildman–Crippen LogP) is -0.997. The number of ether oxygens (including phenoxy) is 2. The monoisotopic (exact) mass is 458 g/mol. The maximum absolute atomic E-state index is 12.3. The molecule has 2 unspecified atom stereocenters. The van der Waals surface area contributed by atoms with E-state index in [4.69, 9.17) is 19.5 Å². The summed E-state index contributed by atoms with van der Waals surface area (Å²) in [5.74, 6) is -1.51. The summed E-state index contributed by atoms with van der Waals surface area (Å²) in [5.41, 5.74) is 0.174. The number of methoxy groups -OCH3 is 1. The fraction of sp³-hybridized carbons (Fsp3) is 0.579. The van der Waals surface area contributed by atoms with E-state index >= 15 is 0 Å². The summed E-state index contributed by atoms with van der Waals surface area (Å²) in [4.78, 5) is 24.3. The van der Waals surface area contributed by atoms with Gasteiger partial charge in [-0.1, -0.05) is 26.0 Å². The number of rotatable bonds is 14. The molecule has 1 aromatic carbocycles. The average molecular weight is 458 g/mol. The Bertz CT molecular complexity index is 802. The summed E-state index contributed by atoms with van der Waals surface area (Å²) < 4.78 is 36.8. The van der Waals surface area contributed by atoms with E-state index in [9.17, 15) is 18.0 Å². The van der Waals surface area contributed by atoms with Crippen LogP contribution in [0.2, 0.25) is 0 Å². The SMILES string of the molecule is CCC(CC(C)C(=O)NCCNS(=O)(=O)c1ccc(B(O)O)cc1)C(=O)OCCOC. The standard InChI is InChI=1S/C19H31BN2O8S/c1-4-15(19(24)30-12-11-29-3)13-14(2)18(23)21-9-10-22-31(27,28)17-7-5-16(6-8-17)20(25)26/h5-8,14-15,22,25-26H,4,9-13H2,1-3H3,(H,21,23). The van der Waals surface area contributed by atoms with Gasteiger partial charge in [0.15, 0.2) is 0 Å². The van der Waals surface area contributed by atoms with E-state index < -0.39 is 29.0 Å². The number of carbonyl (C=O) groups excluding carboxylic acids is 2. The van der Waals surface area contributed by atoms with Gasteiger partial charge in [-0.3, -0.25) is 9.59 Å². The van der Waals surface area contributed by atoms with Gasteiger partial charge in [-0.25, -0.2) is 13.1 Å². The first-order chi connectivity index (χ1) is 14.6. The molecule has 0 aliphatic carbocycles. The van der Waals surface area contributed by atoms with Crippen LogP contribution < -0.4 is 15.5 Å². The number of hydrogen-bond donors (Lipinski definition) is 4. The fourth-order valence-corrected chi connectivity index (χ4v) is 3.79. The first-order valence-electron chi connectivity index (χ1n) is 10.0. The lowest BCUT2D eigenvalue weighted by Crippen LogP contribution is -2.38. The van der Waals surface area contributed by atoms with Crippen molar-refractivity contribution in [2.75, 3.05) is 33.4 Å². The van der Waals surface area contributed by atoms with Gasteiger partial charge in [0, 0.05) is 26.1 Å². The van der Waals surface area contributed by atoms with Crippen LogP contribution in [0.3, 0.4) is 0 Å². The third-order valence-electron chi connectivity index (χ3n) is 4.65. The molecular weight excluding hydrogens is 427 g/mol. The van der Waals surface area contributed by atoms with E-state index in [1.165, 1.54) is 31.4 Å². The van der Waals surface area contributed by atoms with Gasteiger partial charge in [0.2, 0.25) is 15.9 Å². The highest BCUT2D eigenvalue weighted by molar-refractivity contribution is 7.89. The number of benzene rings is 1. The van der Waals surface area contributed by atoms with E-state index in [-0.39, 0.29) is 41.9 Å². The summed E-state index contributed by atoms with van der Waals surface area (Å²) in [6.07, 6.45) is 0.859. The van der Waals surface area contributed by atoms with Crippen molar-refractivity contribution in [2.45, 2.75) is 31.6 Å². The fourth-order valence-electron chi connectivity index (χ4n) is 2.75. The van der Waals surface area contributed by atoms with Crippen molar-refractivity contribution >= 4 is 34.5 Å². The molecular formula is C19H31BN2O8S. The molecule has 12 heteroatoms. The van der Waals surface area contributed by atoms with E-state index in [2.05, 4.69) is 10.0 Å². The minimum Gasteiger partial charge on any atom is -0.463 e. The van der Waals surface area contributed by atoms with Crippen molar-refractivity contribution in [1.82, 2.24) is 10.0 Å². The molecule has 2 atom stereocenters. The molecule has 174 valence electrons. The lowest BCUT2D eigenvalue weighted by molar-refractivity contribution is -0.150. The molecule has 0 radical (unpaired) electrons. The summed E-state index contributed by atoms with van der Waals surface area (Å²) in [6.45, 7) is 4.06. The highest BCUT2D eigenvalue weighted by Gasteiger charge is 2.24. The summed E-state index contributed by atoms with van der Waals surface area (Å²) in [5, 5.41) is 20.8. The zero-order valence-corrected chi connectivity index (χ0v) is 18.9. The van der Waals surface area contributed by atoms with Gasteiger partial charge in [-0.2, -0.15) is 0 Å². The van der Waals surface area contributed by atoms with Crippen LogP contribution in [0.1, 0.15) is 26.7 Å². The minimum absolute atomic E-state index is 0.0264. The number of nitrogens with one attached hydrogen (secondary N) is 2. The topological polar surface area (TPSA) is 151 Å². The Balaban J connectivity index is 2.45. The van der Waals surface area contributed by atoms with Crippen LogP contribution in [0.25, 0.3) is 0 Å². The molecule has 0 fully saturated rings. The molecule has 4 N–H and O–H groups in total. The zero-order chi connectivity index (χ0) is 23.4. The molecule has 1 amide bonds. The van der Waals surface area contributed by atoms with Crippen molar-refractivity contribution in [3.63, 3.8) is 0 Å². The van der Waals surface area contributed by atoms with Gasteiger partial charge in [0.25, 0.3) is 0 Å². The minimum atomic E-state index is -3.80. The van der Waals surface area contributed by atoms with E-state index in [1.807, 2.05) is 6.92 Å². The maximum Gasteiger partial charge on any atom is 0.488 e. The molecule has 0 bridgehead atoms. The number of esters is 1. The molecule has 0 spiro atoms. The van der Waals surface area contributed by atoms with Gasteiger partial charge in [0.1, 0.15) is 6.61 Å². The lowest BCUT2D eigenvalue weighted by Gasteiger charge is -2.18. The number of hydrogen-bond acceptors (Lipinski definition) is 8. The van der Waals surface area contributed by atoms with Crippen LogP contribution in [-0.2, 0) is 29.1 Å². The van der Waals surface area contributed by atoms with Gasteiger partial charge < -0.3 is 24.8 Å². The molecule has 1 aromatic rings. The van der Waals surface area contributed by atoms with Crippen LogP contribution in [0.4, 0.5) is 0 Å². The van der Waals surface area contributed by atoms with Gasteiger partial charge >= 0.3 is 13.1 Å². The van der Waals surface area contributed by atoms with Crippen molar-refractivity contribution in [3.8, 4) is 0 Å². The molecule has 0 aromatic heterocycles. The largest absolute Gasteiger partial charge is 0.488 e. The van der Waals surface area contributed by atoms with E-state index in [0.717, 1.165) is 0 Å². The molecule has 0 saturated heterocycles. The van der Waals surface area contributed by atoms with Gasteiger partial charge in [0.05, 0.1) is 17.4 Å². The van der Waals surface area contributed by atoms with Crippen molar-refractivity contribution in [1.29, 1.82) is 0 Å². The molecule has 0 aliphatic rings. The molecule has 0 aliphatic heterocycles. The van der Waals surface area contributed by atoms with Crippen LogP contribution in [0.5, 0.6) is 0 Å². The molecule has 0 saturated carbocycles. The third-order valence-corrected chi connectivity index (χ3v) is 6.13. The Labute approximate surface area is 183 Å². The Hall–Kier alpha value is -1.99. The number of amides is 1. The first-order valence-corrected chi connectivity index (χ1v) is 11.5. The highest BCUT2D eigenvalue weighted by atomic mass is 32.2. The second kappa shape index (κ2) is 13.4. The normalized spacial score (nSPS) is 13.3. The Morgan fingerprint density at radius 3 is 2.32 bits per heavy atom. The van der Waals surface area contributed by atoms with Crippen molar-refractivity contribution < 1.29 is 37.5 Å². The number of carbonyl (C=O) groups is 2. The summed E-state index contributed by atoms with van der Waals surface area (Å²) >= 11 is 0. The predicted molar refractivity (Wildman–Crippen MR) is 115 cm³/mol. The summed E-state index contributed by atoms with van der Waals surface area (Å²) in [6, 6.07) is 5.11. The average Bonchev–Trinajstić information content (AvgIpc) is 2.74. The first kappa shape index (κ1) is 27.0. The Kier molecular flexibility index (Phi) is 11.7. The second-order valence-corrected chi connectivity index (χ2v) is 8.80. The van der Waals surface area contributed by atoms with E-state index in [1.54, 1.807) is 6.92 Å². The Morgan fingerprint density at radius 1 is 1.13 bits per heavy atom. The molecule has 1 rings (SSSR count). The molecule has 0 heterocycles. The smallest absolute Gasteiger partial charge is 0.463 e.